The Balaban J connectivity index is 1.68. The van der Waals surface area contributed by atoms with Crippen LogP contribution in [0.1, 0.15) is 35.3 Å². The second kappa shape index (κ2) is 6.73. The number of carbonyl (C=O) groups is 1. The highest BCUT2D eigenvalue weighted by Crippen LogP contribution is 2.43. The average molecular weight is 402 g/mol. The van der Waals surface area contributed by atoms with Crippen LogP contribution in [-0.4, -0.2) is 27.6 Å². The molecule has 2 aliphatic rings. The van der Waals surface area contributed by atoms with E-state index in [1.807, 2.05) is 26.0 Å². The number of ketones is 1. The van der Waals surface area contributed by atoms with E-state index in [1.54, 1.807) is 18.2 Å². The van der Waals surface area contributed by atoms with Crippen LogP contribution < -0.4 is 5.73 Å². The standard InChI is InChI=1S/C23H19FN4O2/c1-11-17(12(2)30-28-11)10-14-4-3-5-16-18(14)21-19(22(16)29)20(26-23(25)27-21)13-6-8-15(24)9-7-13/h3-9,12,17H,10H2,1-2H3,(H2,25,26,27)/t12-,17?/m0/s1. The summed E-state index contributed by atoms with van der Waals surface area (Å²) in [6.07, 6.45) is 0.630. The Morgan fingerprint density at radius 3 is 2.50 bits per heavy atom. The third-order valence-corrected chi connectivity index (χ3v) is 5.81. The van der Waals surface area contributed by atoms with Gasteiger partial charge in [0, 0.05) is 22.6 Å². The highest BCUT2D eigenvalue weighted by atomic mass is 19.1. The SMILES string of the molecule is CC1=NO[C@@H](C)C1Cc1cccc2c1-c1nc(N)nc(-c3ccc(F)cc3)c1C2=O. The number of hydrogen-bond donors (Lipinski definition) is 1. The molecule has 30 heavy (non-hydrogen) atoms. The molecule has 3 aromatic rings. The van der Waals surface area contributed by atoms with Gasteiger partial charge in [-0.1, -0.05) is 23.4 Å². The molecule has 0 bridgehead atoms. The van der Waals surface area contributed by atoms with E-state index in [-0.39, 0.29) is 29.6 Å². The quantitative estimate of drug-likeness (QED) is 0.559. The van der Waals surface area contributed by atoms with Gasteiger partial charge in [-0.3, -0.25) is 4.79 Å². The molecule has 0 saturated carbocycles. The van der Waals surface area contributed by atoms with Crippen molar-refractivity contribution in [2.24, 2.45) is 11.1 Å². The molecule has 7 heteroatoms. The molecule has 150 valence electrons. The molecule has 0 fully saturated rings. The number of nitrogens with two attached hydrogens (primary N) is 1. The zero-order valence-electron chi connectivity index (χ0n) is 16.5. The summed E-state index contributed by atoms with van der Waals surface area (Å²) in [6.45, 7) is 3.93. The van der Waals surface area contributed by atoms with Gasteiger partial charge in [0.1, 0.15) is 11.9 Å². The molecule has 1 aliphatic carbocycles. The van der Waals surface area contributed by atoms with E-state index < -0.39 is 0 Å². The van der Waals surface area contributed by atoms with E-state index >= 15 is 0 Å². The van der Waals surface area contributed by atoms with E-state index in [1.165, 1.54) is 12.1 Å². The molecular formula is C23H19FN4O2. The molecule has 1 aliphatic heterocycles. The van der Waals surface area contributed by atoms with Crippen LogP contribution in [0, 0.1) is 11.7 Å². The summed E-state index contributed by atoms with van der Waals surface area (Å²) in [7, 11) is 0. The average Bonchev–Trinajstić information content (AvgIpc) is 3.20. The Bertz CT molecular complexity index is 1220. The fraction of sp³-hybridized carbons (Fsp3) is 0.217. The van der Waals surface area contributed by atoms with Gasteiger partial charge in [-0.05, 0) is 50.1 Å². The number of aromatic nitrogens is 2. The van der Waals surface area contributed by atoms with Crippen molar-refractivity contribution < 1.29 is 14.0 Å². The normalized spacial score (nSPS) is 19.3. The number of carbonyl (C=O) groups excluding carboxylic acids is 1. The summed E-state index contributed by atoms with van der Waals surface area (Å²) in [5.41, 5.74) is 11.2. The van der Waals surface area contributed by atoms with Crippen molar-refractivity contribution in [2.45, 2.75) is 26.4 Å². The number of oxime groups is 1. The summed E-state index contributed by atoms with van der Waals surface area (Å²) in [6, 6.07) is 11.5. The van der Waals surface area contributed by atoms with Crippen molar-refractivity contribution in [2.75, 3.05) is 5.73 Å². The fourth-order valence-corrected chi connectivity index (χ4v) is 4.26. The van der Waals surface area contributed by atoms with Gasteiger partial charge in [-0.25, -0.2) is 14.4 Å². The first-order valence-electron chi connectivity index (χ1n) is 9.74. The molecule has 2 atom stereocenters. The van der Waals surface area contributed by atoms with Gasteiger partial charge in [-0.15, -0.1) is 0 Å². The molecule has 1 aromatic heterocycles. The van der Waals surface area contributed by atoms with Crippen LogP contribution in [-0.2, 0) is 11.3 Å². The predicted molar refractivity (Wildman–Crippen MR) is 112 cm³/mol. The third-order valence-electron chi connectivity index (χ3n) is 5.81. The van der Waals surface area contributed by atoms with Gasteiger partial charge in [0.2, 0.25) is 5.95 Å². The van der Waals surface area contributed by atoms with Gasteiger partial charge < -0.3 is 10.6 Å². The summed E-state index contributed by atoms with van der Waals surface area (Å²) in [5.74, 6) is -0.327. The van der Waals surface area contributed by atoms with Crippen LogP contribution >= 0.6 is 0 Å². The number of nitrogens with zero attached hydrogens (tertiary/aromatic N) is 3. The highest BCUT2D eigenvalue weighted by molar-refractivity contribution is 6.24. The van der Waals surface area contributed by atoms with Crippen LogP contribution in [0.5, 0.6) is 0 Å². The maximum Gasteiger partial charge on any atom is 0.221 e. The minimum absolute atomic E-state index is 0.0392. The maximum atomic E-state index is 13.4. The van der Waals surface area contributed by atoms with Crippen LogP contribution in [0.4, 0.5) is 10.3 Å². The molecule has 1 unspecified atom stereocenters. The maximum absolute atomic E-state index is 13.4. The second-order valence-corrected chi connectivity index (χ2v) is 7.68. The summed E-state index contributed by atoms with van der Waals surface area (Å²) in [5, 5.41) is 4.10. The molecular weight excluding hydrogens is 383 g/mol. The van der Waals surface area contributed by atoms with Crippen LogP contribution in [0.2, 0.25) is 0 Å². The Kier molecular flexibility index (Phi) is 4.13. The number of rotatable bonds is 3. The first kappa shape index (κ1) is 18.4. The van der Waals surface area contributed by atoms with E-state index in [9.17, 15) is 9.18 Å². The Labute approximate surface area is 172 Å². The van der Waals surface area contributed by atoms with Gasteiger partial charge in [0.15, 0.2) is 5.78 Å². The number of halogens is 1. The van der Waals surface area contributed by atoms with Crippen molar-refractivity contribution in [3.8, 4) is 22.5 Å². The molecule has 6 nitrogen and oxygen atoms in total. The molecule has 2 N–H and O–H groups in total. The predicted octanol–water partition coefficient (Wildman–Crippen LogP) is 4.03. The van der Waals surface area contributed by atoms with Crippen molar-refractivity contribution >= 4 is 17.4 Å². The van der Waals surface area contributed by atoms with Gasteiger partial charge in [0.25, 0.3) is 0 Å². The number of fused-ring (bicyclic) bond motifs is 3. The van der Waals surface area contributed by atoms with Gasteiger partial charge in [0.05, 0.1) is 22.7 Å². The van der Waals surface area contributed by atoms with E-state index in [2.05, 4.69) is 15.1 Å². The molecule has 2 heterocycles. The van der Waals surface area contributed by atoms with Crippen LogP contribution in [0.25, 0.3) is 22.5 Å². The minimum Gasteiger partial charge on any atom is -0.392 e. The molecule has 0 spiro atoms. The van der Waals surface area contributed by atoms with Gasteiger partial charge >= 0.3 is 0 Å². The summed E-state index contributed by atoms with van der Waals surface area (Å²) >= 11 is 0. The third kappa shape index (κ3) is 2.77. The zero-order valence-corrected chi connectivity index (χ0v) is 16.5. The highest BCUT2D eigenvalue weighted by Gasteiger charge is 2.36. The number of anilines is 1. The number of benzene rings is 2. The molecule has 0 saturated heterocycles. The number of nitrogen functional groups attached to an aromatic ring is 1. The lowest BCUT2D eigenvalue weighted by molar-refractivity contribution is 0.0761. The Hall–Kier alpha value is -3.61. The molecule has 0 radical (unpaired) electrons. The van der Waals surface area contributed by atoms with E-state index in [0.29, 0.717) is 34.5 Å². The lowest BCUT2D eigenvalue weighted by Crippen LogP contribution is -2.21. The van der Waals surface area contributed by atoms with Crippen molar-refractivity contribution in [1.29, 1.82) is 0 Å². The summed E-state index contributed by atoms with van der Waals surface area (Å²) in [4.78, 5) is 27.5. The first-order chi connectivity index (χ1) is 14.4. The minimum atomic E-state index is -0.362. The number of hydrogen-bond acceptors (Lipinski definition) is 6. The fourth-order valence-electron chi connectivity index (χ4n) is 4.26. The molecule has 5 rings (SSSR count). The first-order valence-corrected chi connectivity index (χ1v) is 9.74. The second-order valence-electron chi connectivity index (χ2n) is 7.68. The lowest BCUT2D eigenvalue weighted by atomic mass is 9.88. The Morgan fingerprint density at radius 2 is 1.80 bits per heavy atom. The van der Waals surface area contributed by atoms with Crippen molar-refractivity contribution in [1.82, 2.24) is 9.97 Å². The zero-order chi connectivity index (χ0) is 21.0. The van der Waals surface area contributed by atoms with Crippen molar-refractivity contribution in [3.05, 3.63) is 65.0 Å². The van der Waals surface area contributed by atoms with Gasteiger partial charge in [-0.2, -0.15) is 0 Å². The lowest BCUT2D eigenvalue weighted by Gasteiger charge is -2.16. The Morgan fingerprint density at radius 1 is 1.07 bits per heavy atom. The largest absolute Gasteiger partial charge is 0.392 e. The van der Waals surface area contributed by atoms with Crippen molar-refractivity contribution in [3.63, 3.8) is 0 Å². The van der Waals surface area contributed by atoms with E-state index in [0.717, 1.165) is 16.8 Å². The van der Waals surface area contributed by atoms with E-state index in [4.69, 9.17) is 10.6 Å². The monoisotopic (exact) mass is 402 g/mol. The topological polar surface area (TPSA) is 90.5 Å². The molecule has 2 aromatic carbocycles. The van der Waals surface area contributed by atoms with Crippen LogP contribution in [0.15, 0.2) is 47.6 Å². The molecule has 0 amide bonds. The smallest absolute Gasteiger partial charge is 0.221 e. The summed E-state index contributed by atoms with van der Waals surface area (Å²) < 4.78 is 13.4. The van der Waals surface area contributed by atoms with Crippen LogP contribution in [0.3, 0.4) is 0 Å².